The Hall–Kier alpha value is -1.12. The number of rotatable bonds is 11. The van der Waals surface area contributed by atoms with E-state index in [1.54, 1.807) is 0 Å². The predicted molar refractivity (Wildman–Crippen MR) is 94.0 cm³/mol. The second-order valence-electron chi connectivity index (χ2n) is 7.65. The van der Waals surface area contributed by atoms with Crippen molar-refractivity contribution in [1.29, 1.82) is 0 Å². The molecule has 0 aromatic heterocycles. The van der Waals surface area contributed by atoms with Crippen molar-refractivity contribution in [3.05, 3.63) is 11.8 Å². The van der Waals surface area contributed by atoms with Crippen molar-refractivity contribution in [2.45, 2.75) is 97.8 Å². The van der Waals surface area contributed by atoms with Gasteiger partial charge < -0.3 is 4.74 Å². The molecule has 0 spiro atoms. The SMILES string of the molecule is CCCCCCCCCCCC(=O)OC1=CC(=O)CC(C)(C)C1. The molecule has 1 aliphatic rings. The number of esters is 1. The van der Waals surface area contributed by atoms with Gasteiger partial charge in [0.2, 0.25) is 0 Å². The lowest BCUT2D eigenvalue weighted by molar-refractivity contribution is -0.140. The van der Waals surface area contributed by atoms with Crippen LogP contribution < -0.4 is 0 Å². The fraction of sp³-hybridized carbons (Fsp3) is 0.800. The summed E-state index contributed by atoms with van der Waals surface area (Å²) in [5.41, 5.74) is -0.0980. The molecule has 0 saturated carbocycles. The van der Waals surface area contributed by atoms with Crippen molar-refractivity contribution >= 4 is 11.8 Å². The van der Waals surface area contributed by atoms with Crippen LogP contribution in [0.2, 0.25) is 0 Å². The second kappa shape index (κ2) is 10.6. The minimum absolute atomic E-state index is 0.0622. The Morgan fingerprint density at radius 1 is 1.00 bits per heavy atom. The Bertz CT molecular complexity index is 407. The number of carbonyl (C=O) groups is 2. The summed E-state index contributed by atoms with van der Waals surface area (Å²) in [5.74, 6) is 0.420. The third kappa shape index (κ3) is 9.58. The average molecular weight is 322 g/mol. The largest absolute Gasteiger partial charge is 0.431 e. The van der Waals surface area contributed by atoms with Crippen molar-refractivity contribution in [1.82, 2.24) is 0 Å². The predicted octanol–water partition coefficient (Wildman–Crippen LogP) is 5.72. The molecule has 0 N–H and O–H groups in total. The van der Waals surface area contributed by atoms with Gasteiger partial charge in [-0.2, -0.15) is 0 Å². The second-order valence-corrected chi connectivity index (χ2v) is 7.65. The first-order valence-corrected chi connectivity index (χ1v) is 9.37. The molecule has 0 aromatic rings. The standard InChI is InChI=1S/C20H34O3/c1-4-5-6-7-8-9-10-11-12-13-19(22)23-18-14-17(21)15-20(2,3)16-18/h14H,4-13,15-16H2,1-3H3. The number of ether oxygens (including phenoxy) is 1. The fourth-order valence-corrected chi connectivity index (χ4v) is 3.13. The van der Waals surface area contributed by atoms with Crippen molar-refractivity contribution in [2.24, 2.45) is 5.41 Å². The van der Waals surface area contributed by atoms with E-state index in [1.807, 2.05) is 13.8 Å². The van der Waals surface area contributed by atoms with Gasteiger partial charge in [-0.15, -0.1) is 0 Å². The molecule has 1 aliphatic carbocycles. The monoisotopic (exact) mass is 322 g/mol. The van der Waals surface area contributed by atoms with Gasteiger partial charge in [0, 0.05) is 25.3 Å². The normalized spacial score (nSPS) is 17.0. The van der Waals surface area contributed by atoms with Crippen LogP contribution in [0.1, 0.15) is 97.8 Å². The van der Waals surface area contributed by atoms with Gasteiger partial charge in [-0.1, -0.05) is 72.1 Å². The van der Waals surface area contributed by atoms with Crippen LogP contribution in [0.25, 0.3) is 0 Å². The highest BCUT2D eigenvalue weighted by Gasteiger charge is 2.29. The summed E-state index contributed by atoms with van der Waals surface area (Å²) in [7, 11) is 0. The highest BCUT2D eigenvalue weighted by Crippen LogP contribution is 2.34. The maximum Gasteiger partial charge on any atom is 0.310 e. The molecule has 0 fully saturated rings. The fourth-order valence-electron chi connectivity index (χ4n) is 3.13. The third-order valence-electron chi connectivity index (χ3n) is 4.36. The zero-order valence-electron chi connectivity index (χ0n) is 15.3. The summed E-state index contributed by atoms with van der Waals surface area (Å²) in [6.07, 6.45) is 14.3. The smallest absolute Gasteiger partial charge is 0.310 e. The van der Waals surface area contributed by atoms with Gasteiger partial charge in [0.15, 0.2) is 5.78 Å². The Morgan fingerprint density at radius 2 is 1.57 bits per heavy atom. The first-order valence-electron chi connectivity index (χ1n) is 9.37. The van der Waals surface area contributed by atoms with Crippen LogP contribution in [0.5, 0.6) is 0 Å². The van der Waals surface area contributed by atoms with E-state index in [-0.39, 0.29) is 17.2 Å². The Morgan fingerprint density at radius 3 is 2.13 bits per heavy atom. The summed E-state index contributed by atoms with van der Waals surface area (Å²) in [6.45, 7) is 6.30. The molecule has 132 valence electrons. The molecule has 0 aromatic carbocycles. The lowest BCUT2D eigenvalue weighted by atomic mass is 9.79. The maximum atomic E-state index is 11.9. The van der Waals surface area contributed by atoms with Crippen molar-refractivity contribution in [3.63, 3.8) is 0 Å². The molecule has 0 unspecified atom stereocenters. The summed E-state index contributed by atoms with van der Waals surface area (Å²) in [4.78, 5) is 23.5. The van der Waals surface area contributed by atoms with Crippen molar-refractivity contribution < 1.29 is 14.3 Å². The van der Waals surface area contributed by atoms with Crippen LogP contribution in [0.15, 0.2) is 11.8 Å². The molecule has 0 heterocycles. The van der Waals surface area contributed by atoms with Crippen LogP contribution in [0, 0.1) is 5.41 Å². The molecule has 23 heavy (non-hydrogen) atoms. The molecule has 0 amide bonds. The highest BCUT2D eigenvalue weighted by molar-refractivity contribution is 5.92. The van der Waals surface area contributed by atoms with Crippen LogP contribution in [0.3, 0.4) is 0 Å². The summed E-state index contributed by atoms with van der Waals surface area (Å²) < 4.78 is 5.37. The first-order chi connectivity index (χ1) is 10.9. The van der Waals surface area contributed by atoms with Gasteiger partial charge >= 0.3 is 5.97 Å². The number of allylic oxidation sites excluding steroid dienone is 2. The molecule has 0 saturated heterocycles. The van der Waals surface area contributed by atoms with Gasteiger partial charge in [0.1, 0.15) is 5.76 Å². The van der Waals surface area contributed by atoms with E-state index in [0.29, 0.717) is 25.0 Å². The van der Waals surface area contributed by atoms with Gasteiger partial charge in [-0.25, -0.2) is 0 Å². The first kappa shape index (κ1) is 19.9. The van der Waals surface area contributed by atoms with Crippen molar-refractivity contribution in [2.75, 3.05) is 0 Å². The molecule has 3 heteroatoms. The summed E-state index contributed by atoms with van der Waals surface area (Å²) in [6, 6.07) is 0. The Kier molecular flexibility index (Phi) is 9.20. The van der Waals surface area contributed by atoms with E-state index < -0.39 is 0 Å². The highest BCUT2D eigenvalue weighted by atomic mass is 16.5. The van der Waals surface area contributed by atoms with E-state index >= 15 is 0 Å². The molecular formula is C20H34O3. The lowest BCUT2D eigenvalue weighted by Crippen LogP contribution is -2.23. The van der Waals surface area contributed by atoms with Gasteiger partial charge in [-0.3, -0.25) is 9.59 Å². The number of unbranched alkanes of at least 4 members (excludes halogenated alkanes) is 8. The van der Waals surface area contributed by atoms with Gasteiger partial charge in [-0.05, 0) is 11.8 Å². The minimum Gasteiger partial charge on any atom is -0.431 e. The van der Waals surface area contributed by atoms with Gasteiger partial charge in [0.25, 0.3) is 0 Å². The third-order valence-corrected chi connectivity index (χ3v) is 4.36. The van der Waals surface area contributed by atoms with E-state index in [9.17, 15) is 9.59 Å². The van der Waals surface area contributed by atoms with E-state index in [2.05, 4.69) is 6.92 Å². The van der Waals surface area contributed by atoms with Gasteiger partial charge in [0.05, 0.1) is 0 Å². The summed E-state index contributed by atoms with van der Waals surface area (Å²) in [5, 5.41) is 0. The molecular weight excluding hydrogens is 288 g/mol. The number of hydrogen-bond acceptors (Lipinski definition) is 3. The zero-order valence-corrected chi connectivity index (χ0v) is 15.3. The molecule has 0 bridgehead atoms. The lowest BCUT2D eigenvalue weighted by Gasteiger charge is -2.27. The number of carbonyl (C=O) groups excluding carboxylic acids is 2. The topological polar surface area (TPSA) is 43.4 Å². The van der Waals surface area contributed by atoms with Crippen LogP contribution in [-0.2, 0) is 14.3 Å². The van der Waals surface area contributed by atoms with Crippen LogP contribution in [0.4, 0.5) is 0 Å². The zero-order chi connectivity index (χ0) is 17.1. The average Bonchev–Trinajstić information content (AvgIpc) is 2.43. The van der Waals surface area contributed by atoms with E-state index in [1.165, 1.54) is 51.0 Å². The van der Waals surface area contributed by atoms with Crippen LogP contribution in [-0.4, -0.2) is 11.8 Å². The number of ketones is 1. The number of hydrogen-bond donors (Lipinski definition) is 0. The molecule has 0 atom stereocenters. The quantitative estimate of drug-likeness (QED) is 0.361. The van der Waals surface area contributed by atoms with E-state index in [4.69, 9.17) is 4.74 Å². The molecule has 3 nitrogen and oxygen atoms in total. The molecule has 0 radical (unpaired) electrons. The van der Waals surface area contributed by atoms with Crippen molar-refractivity contribution in [3.8, 4) is 0 Å². The maximum absolute atomic E-state index is 11.9. The minimum atomic E-state index is -0.190. The molecule has 0 aliphatic heterocycles. The van der Waals surface area contributed by atoms with E-state index in [0.717, 1.165) is 12.8 Å². The summed E-state index contributed by atoms with van der Waals surface area (Å²) >= 11 is 0. The molecule has 1 rings (SSSR count). The Labute approximate surface area is 141 Å². The Balaban J connectivity index is 2.08. The van der Waals surface area contributed by atoms with Crippen LogP contribution >= 0.6 is 0 Å².